The van der Waals surface area contributed by atoms with Gasteiger partial charge in [-0.1, -0.05) is 29.8 Å². The fraction of sp³-hybridized carbons (Fsp3) is 0.286. The second-order valence-electron chi connectivity index (χ2n) is 7.23. The fourth-order valence-electron chi connectivity index (χ4n) is 3.60. The van der Waals surface area contributed by atoms with Crippen molar-refractivity contribution in [2.75, 3.05) is 12.0 Å². The number of para-hydroxylation sites is 1. The Morgan fingerprint density at radius 2 is 1.77 bits per heavy atom. The van der Waals surface area contributed by atoms with Crippen LogP contribution in [0, 0.1) is 12.7 Å². The molecule has 2 aromatic carbocycles. The van der Waals surface area contributed by atoms with Crippen molar-refractivity contribution < 1.29 is 30.8 Å². The van der Waals surface area contributed by atoms with Crippen molar-refractivity contribution in [1.29, 1.82) is 0 Å². The highest BCUT2D eigenvalue weighted by molar-refractivity contribution is 7.90. The van der Waals surface area contributed by atoms with Crippen molar-refractivity contribution in [2.45, 2.75) is 26.1 Å². The summed E-state index contributed by atoms with van der Waals surface area (Å²) in [6.45, 7) is 1.77. The molecule has 31 heavy (non-hydrogen) atoms. The second-order valence-corrected chi connectivity index (χ2v) is 9.89. The molecule has 166 valence electrons. The number of fused-ring (bicyclic) bond motifs is 1. The molecule has 0 spiro atoms. The predicted octanol–water partition coefficient (Wildman–Crippen LogP) is 5.43. The monoisotopic (exact) mass is 475 g/mol. The number of rotatable bonds is 6. The topological polar surface area (TPSA) is 56.1 Å². The molecule has 1 heterocycles. The van der Waals surface area contributed by atoms with Crippen molar-refractivity contribution in [2.24, 2.45) is 0 Å². The first-order valence-corrected chi connectivity index (χ1v) is 11.6. The number of hydrogen-bond donors (Lipinski definition) is 0. The first-order valence-electron chi connectivity index (χ1n) is 9.18. The minimum atomic E-state index is -4.95. The van der Waals surface area contributed by atoms with E-state index < -0.39 is 38.7 Å². The Morgan fingerprint density at radius 1 is 1.13 bits per heavy atom. The fourth-order valence-corrected chi connectivity index (χ4v) is 4.53. The molecule has 3 rings (SSSR count). The van der Waals surface area contributed by atoms with Crippen LogP contribution in [0.1, 0.15) is 33.6 Å². The number of halogens is 5. The van der Waals surface area contributed by atoms with Gasteiger partial charge in [0.15, 0.2) is 5.78 Å². The summed E-state index contributed by atoms with van der Waals surface area (Å²) in [6, 6.07) is 7.28. The maximum atomic E-state index is 14.6. The van der Waals surface area contributed by atoms with E-state index in [-0.39, 0.29) is 29.3 Å². The first kappa shape index (κ1) is 23.3. The SMILES string of the molecule is Cc1c(C(=O)c2cccc(C(F)(F)F)c2F)c2cccc(Cl)c2n1CCCS(C)(=O)=O. The maximum absolute atomic E-state index is 14.6. The number of nitrogens with zero attached hydrogens (tertiary/aromatic N) is 1. The van der Waals surface area contributed by atoms with Gasteiger partial charge in [-0.3, -0.25) is 4.79 Å². The Hall–Kier alpha value is -2.39. The van der Waals surface area contributed by atoms with Crippen LogP contribution < -0.4 is 0 Å². The minimum Gasteiger partial charge on any atom is -0.343 e. The van der Waals surface area contributed by atoms with Crippen molar-refractivity contribution in [3.63, 3.8) is 0 Å². The highest BCUT2D eigenvalue weighted by Crippen LogP contribution is 2.36. The van der Waals surface area contributed by atoms with Gasteiger partial charge in [0, 0.05) is 23.9 Å². The summed E-state index contributed by atoms with van der Waals surface area (Å²) in [4.78, 5) is 13.2. The van der Waals surface area contributed by atoms with Crippen LogP contribution in [-0.4, -0.2) is 30.8 Å². The number of aromatic nitrogens is 1. The molecule has 3 aromatic rings. The summed E-state index contributed by atoms with van der Waals surface area (Å²) in [7, 11) is -3.22. The Morgan fingerprint density at radius 3 is 2.39 bits per heavy atom. The molecule has 0 aliphatic heterocycles. The third-order valence-electron chi connectivity index (χ3n) is 4.97. The summed E-state index contributed by atoms with van der Waals surface area (Å²) in [5.41, 5.74) is -1.40. The van der Waals surface area contributed by atoms with Gasteiger partial charge in [0.05, 0.1) is 33.0 Å². The Bertz CT molecular complexity index is 1280. The number of aryl methyl sites for hydroxylation is 1. The molecule has 0 fully saturated rings. The van der Waals surface area contributed by atoms with Gasteiger partial charge in [-0.2, -0.15) is 13.2 Å². The number of carbonyl (C=O) groups excluding carboxylic acids is 1. The zero-order chi connectivity index (χ0) is 23.1. The lowest BCUT2D eigenvalue weighted by Crippen LogP contribution is -2.14. The van der Waals surface area contributed by atoms with Crippen LogP contribution in [-0.2, 0) is 22.6 Å². The quantitative estimate of drug-likeness (QED) is 0.353. The molecule has 4 nitrogen and oxygen atoms in total. The van der Waals surface area contributed by atoms with E-state index in [0.29, 0.717) is 22.7 Å². The highest BCUT2D eigenvalue weighted by Gasteiger charge is 2.36. The third-order valence-corrected chi connectivity index (χ3v) is 6.30. The largest absolute Gasteiger partial charge is 0.419 e. The zero-order valence-electron chi connectivity index (χ0n) is 16.6. The average molecular weight is 476 g/mol. The molecule has 0 radical (unpaired) electrons. The molecule has 0 atom stereocenters. The molecule has 0 unspecified atom stereocenters. The third kappa shape index (κ3) is 4.62. The average Bonchev–Trinajstić information content (AvgIpc) is 2.92. The van der Waals surface area contributed by atoms with Crippen molar-refractivity contribution in [3.05, 3.63) is 69.6 Å². The highest BCUT2D eigenvalue weighted by atomic mass is 35.5. The van der Waals surface area contributed by atoms with Gasteiger partial charge in [0.25, 0.3) is 0 Å². The Kier molecular flexibility index (Phi) is 6.21. The van der Waals surface area contributed by atoms with Gasteiger partial charge in [-0.15, -0.1) is 0 Å². The van der Waals surface area contributed by atoms with E-state index in [1.165, 1.54) is 0 Å². The van der Waals surface area contributed by atoms with Crippen LogP contribution in [0.5, 0.6) is 0 Å². The predicted molar refractivity (Wildman–Crippen MR) is 111 cm³/mol. The van der Waals surface area contributed by atoms with E-state index in [1.807, 2.05) is 0 Å². The number of hydrogen-bond acceptors (Lipinski definition) is 3. The van der Waals surface area contributed by atoms with E-state index in [1.54, 1.807) is 29.7 Å². The number of carbonyl (C=O) groups is 1. The van der Waals surface area contributed by atoms with Crippen molar-refractivity contribution >= 4 is 38.1 Å². The summed E-state index contributed by atoms with van der Waals surface area (Å²) >= 11 is 6.31. The number of sulfone groups is 1. The van der Waals surface area contributed by atoms with Gasteiger partial charge in [-0.25, -0.2) is 12.8 Å². The lowest BCUT2D eigenvalue weighted by atomic mass is 9.98. The smallest absolute Gasteiger partial charge is 0.343 e. The molecule has 1 aromatic heterocycles. The summed E-state index contributed by atoms with van der Waals surface area (Å²) in [6.07, 6.45) is -3.61. The molecular weight excluding hydrogens is 458 g/mol. The van der Waals surface area contributed by atoms with Gasteiger partial charge >= 0.3 is 6.18 Å². The van der Waals surface area contributed by atoms with E-state index in [0.717, 1.165) is 18.4 Å². The molecule has 0 bridgehead atoms. The van der Waals surface area contributed by atoms with Crippen LogP contribution in [0.2, 0.25) is 5.02 Å². The number of ketones is 1. The van der Waals surface area contributed by atoms with E-state index in [9.17, 15) is 30.8 Å². The van der Waals surface area contributed by atoms with Crippen molar-refractivity contribution in [1.82, 2.24) is 4.57 Å². The standard InChI is InChI=1S/C21H18ClF4NO3S/c1-12-17(20(28)14-7-3-8-15(18(14)23)21(24,25)26)13-6-4-9-16(22)19(13)27(12)10-5-11-31(2,29)30/h3-4,6-9H,5,10-11H2,1-2H3. The maximum Gasteiger partial charge on any atom is 0.419 e. The van der Waals surface area contributed by atoms with Gasteiger partial charge in [0.2, 0.25) is 0 Å². The lowest BCUT2D eigenvalue weighted by Gasteiger charge is -2.11. The van der Waals surface area contributed by atoms with Crippen LogP contribution in [0.25, 0.3) is 10.9 Å². The summed E-state index contributed by atoms with van der Waals surface area (Å²) < 4.78 is 78.5. The summed E-state index contributed by atoms with van der Waals surface area (Å²) in [5.74, 6) is -2.64. The lowest BCUT2D eigenvalue weighted by molar-refractivity contribution is -0.140. The molecule has 0 aliphatic rings. The van der Waals surface area contributed by atoms with E-state index >= 15 is 0 Å². The number of alkyl halides is 3. The van der Waals surface area contributed by atoms with Crippen LogP contribution in [0.15, 0.2) is 36.4 Å². The Balaban J connectivity index is 2.17. The van der Waals surface area contributed by atoms with Gasteiger partial charge < -0.3 is 4.57 Å². The molecule has 0 aliphatic carbocycles. The van der Waals surface area contributed by atoms with Gasteiger partial charge in [-0.05, 0) is 31.5 Å². The second kappa shape index (κ2) is 8.27. The summed E-state index contributed by atoms with van der Waals surface area (Å²) in [5, 5.41) is 0.634. The normalized spacial score (nSPS) is 12.5. The Labute approximate surface area is 181 Å². The molecule has 0 N–H and O–H groups in total. The molecule has 0 saturated heterocycles. The van der Waals surface area contributed by atoms with Crippen LogP contribution in [0.3, 0.4) is 0 Å². The number of benzene rings is 2. The van der Waals surface area contributed by atoms with Gasteiger partial charge in [0.1, 0.15) is 15.7 Å². The van der Waals surface area contributed by atoms with Crippen LogP contribution >= 0.6 is 11.6 Å². The van der Waals surface area contributed by atoms with Crippen LogP contribution in [0.4, 0.5) is 17.6 Å². The van der Waals surface area contributed by atoms with Crippen molar-refractivity contribution in [3.8, 4) is 0 Å². The first-order chi connectivity index (χ1) is 14.3. The molecule has 10 heteroatoms. The molecule has 0 amide bonds. The molecule has 0 saturated carbocycles. The van der Waals surface area contributed by atoms with E-state index in [4.69, 9.17) is 11.6 Å². The zero-order valence-corrected chi connectivity index (χ0v) is 18.1. The van der Waals surface area contributed by atoms with E-state index in [2.05, 4.69) is 0 Å². The minimum absolute atomic E-state index is 0.0232. The molecular formula is C21H18ClF4NO3S.